The van der Waals surface area contributed by atoms with E-state index in [1.807, 2.05) is 0 Å². The van der Waals surface area contributed by atoms with E-state index >= 15 is 0 Å². The fraction of sp³-hybridized carbons (Fsp3) is 0.438. The lowest BCUT2D eigenvalue weighted by molar-refractivity contribution is -0.105. The van der Waals surface area contributed by atoms with Gasteiger partial charge in [-0.3, -0.25) is 14.6 Å². The Morgan fingerprint density at radius 2 is 2.12 bits per heavy atom. The number of hydrogen-bond donors (Lipinski definition) is 4. The summed E-state index contributed by atoms with van der Waals surface area (Å²) in [6.07, 6.45) is 2.35. The molecule has 0 aliphatic carbocycles. The van der Waals surface area contributed by atoms with Crippen LogP contribution in [0.1, 0.15) is 31.4 Å². The predicted octanol–water partition coefficient (Wildman–Crippen LogP) is 2.41. The van der Waals surface area contributed by atoms with Crippen LogP contribution in [0.3, 0.4) is 0 Å². The summed E-state index contributed by atoms with van der Waals surface area (Å²) in [6, 6.07) is 5.08. The summed E-state index contributed by atoms with van der Waals surface area (Å²) >= 11 is 0. The maximum Gasteiger partial charge on any atom is 0.524 e. The molecule has 25 heavy (non-hydrogen) atoms. The monoisotopic (exact) mass is 367 g/mol. The van der Waals surface area contributed by atoms with Gasteiger partial charge in [-0.05, 0) is 50.7 Å². The molecule has 0 atom stereocenters. The van der Waals surface area contributed by atoms with Gasteiger partial charge in [-0.15, -0.1) is 0 Å². The van der Waals surface area contributed by atoms with Crippen molar-refractivity contribution in [3.63, 3.8) is 0 Å². The molecule has 2 aromatic rings. The van der Waals surface area contributed by atoms with Crippen LogP contribution in [0.25, 0.3) is 10.9 Å². The van der Waals surface area contributed by atoms with Crippen LogP contribution in [0.15, 0.2) is 18.2 Å². The second-order valence-electron chi connectivity index (χ2n) is 6.18. The molecule has 1 saturated heterocycles. The topological polar surface area (TPSA) is 115 Å². The van der Waals surface area contributed by atoms with Crippen LogP contribution in [-0.2, 0) is 9.36 Å². The van der Waals surface area contributed by atoms with Crippen LogP contribution in [0, 0.1) is 0 Å². The van der Waals surface area contributed by atoms with Gasteiger partial charge in [-0.1, -0.05) is 6.92 Å². The second-order valence-corrected chi connectivity index (χ2v) is 7.34. The molecule has 1 amide bonds. The Bertz CT molecular complexity index is 807. The fourth-order valence-electron chi connectivity index (χ4n) is 3.39. The van der Waals surface area contributed by atoms with Crippen molar-refractivity contribution < 1.29 is 23.7 Å². The highest BCUT2D eigenvalue weighted by atomic mass is 31.2. The summed E-state index contributed by atoms with van der Waals surface area (Å²) in [6.45, 7) is 4.98. The Balaban J connectivity index is 2.01. The molecule has 0 saturated carbocycles. The third kappa shape index (κ3) is 4.04. The van der Waals surface area contributed by atoms with Crippen molar-refractivity contribution in [3.8, 4) is 5.75 Å². The van der Waals surface area contributed by atoms with E-state index in [1.165, 1.54) is 0 Å². The zero-order valence-corrected chi connectivity index (χ0v) is 14.8. The number of benzene rings is 1. The highest BCUT2D eigenvalue weighted by molar-refractivity contribution is 7.46. The summed E-state index contributed by atoms with van der Waals surface area (Å²) in [5, 5.41) is 3.16. The minimum atomic E-state index is -4.68. The molecule has 3 rings (SSSR count). The molecule has 1 aliphatic rings. The average molecular weight is 367 g/mol. The Morgan fingerprint density at radius 3 is 2.72 bits per heavy atom. The number of carbonyl (C=O) groups is 1. The molecule has 1 fully saturated rings. The number of phosphoric ester groups is 1. The number of amides is 1. The van der Waals surface area contributed by atoms with Gasteiger partial charge in [0, 0.05) is 17.0 Å². The zero-order chi connectivity index (χ0) is 18.0. The SMILES string of the molecule is CCN1CCC(c2[nH]c3cc(NC=O)ccc3c2OP(=O)(O)O)CC1. The van der Waals surface area contributed by atoms with Gasteiger partial charge in [-0.2, -0.15) is 0 Å². The maximum atomic E-state index is 11.4. The van der Waals surface area contributed by atoms with E-state index in [9.17, 15) is 19.1 Å². The summed E-state index contributed by atoms with van der Waals surface area (Å²) < 4.78 is 16.5. The Morgan fingerprint density at radius 1 is 1.40 bits per heavy atom. The van der Waals surface area contributed by atoms with E-state index in [1.54, 1.807) is 18.2 Å². The summed E-state index contributed by atoms with van der Waals surface area (Å²) in [7, 11) is -4.68. The lowest BCUT2D eigenvalue weighted by atomic mass is 9.93. The van der Waals surface area contributed by atoms with Crippen molar-refractivity contribution in [2.75, 3.05) is 25.0 Å². The first-order valence-corrected chi connectivity index (χ1v) is 9.77. The molecule has 4 N–H and O–H groups in total. The van der Waals surface area contributed by atoms with Gasteiger partial charge >= 0.3 is 7.82 Å². The number of fused-ring (bicyclic) bond motifs is 1. The first-order valence-electron chi connectivity index (χ1n) is 8.24. The van der Waals surface area contributed by atoms with Crippen LogP contribution >= 0.6 is 7.82 Å². The van der Waals surface area contributed by atoms with Crippen LogP contribution in [0.5, 0.6) is 5.75 Å². The Labute approximate surface area is 145 Å². The number of H-pyrrole nitrogens is 1. The van der Waals surface area contributed by atoms with Gasteiger partial charge in [0.2, 0.25) is 6.41 Å². The van der Waals surface area contributed by atoms with Gasteiger partial charge in [0.25, 0.3) is 0 Å². The standard InChI is InChI=1S/C16H22N3O5P/c1-2-19-7-5-11(6-8-19)15-16(24-25(21,22)23)13-4-3-12(17-10-20)9-14(13)18-15/h3-4,9-11,18H,2,5-8H2,1H3,(H,17,20)(H2,21,22,23). The van der Waals surface area contributed by atoms with E-state index in [-0.39, 0.29) is 11.7 Å². The number of piperidine rings is 1. The third-order valence-electron chi connectivity index (χ3n) is 4.66. The highest BCUT2D eigenvalue weighted by Gasteiger charge is 2.29. The number of likely N-dealkylation sites (tertiary alicyclic amines) is 1. The first-order chi connectivity index (χ1) is 11.9. The van der Waals surface area contributed by atoms with Crippen molar-refractivity contribution in [3.05, 3.63) is 23.9 Å². The van der Waals surface area contributed by atoms with Crippen LogP contribution in [0.2, 0.25) is 0 Å². The van der Waals surface area contributed by atoms with Crippen LogP contribution < -0.4 is 9.84 Å². The van der Waals surface area contributed by atoms with Crippen molar-refractivity contribution in [1.29, 1.82) is 0 Å². The molecule has 0 unspecified atom stereocenters. The number of aromatic nitrogens is 1. The fourth-order valence-corrected chi connectivity index (χ4v) is 3.83. The molecule has 8 nitrogen and oxygen atoms in total. The molecule has 1 aliphatic heterocycles. The number of anilines is 1. The quantitative estimate of drug-likeness (QED) is 0.460. The lowest BCUT2D eigenvalue weighted by Gasteiger charge is -2.31. The number of phosphoric acid groups is 1. The number of carbonyl (C=O) groups excluding carboxylic acids is 1. The molecule has 0 radical (unpaired) electrons. The minimum absolute atomic E-state index is 0.138. The first kappa shape index (κ1) is 17.9. The number of rotatable bonds is 6. The van der Waals surface area contributed by atoms with E-state index in [0.29, 0.717) is 28.7 Å². The predicted molar refractivity (Wildman–Crippen MR) is 94.7 cm³/mol. The molecular formula is C16H22N3O5P. The van der Waals surface area contributed by atoms with Gasteiger partial charge in [0.05, 0.1) is 11.2 Å². The number of nitrogens with zero attached hydrogens (tertiary/aromatic N) is 1. The molecule has 0 bridgehead atoms. The van der Waals surface area contributed by atoms with Gasteiger partial charge in [-0.25, -0.2) is 4.57 Å². The maximum absolute atomic E-state index is 11.4. The largest absolute Gasteiger partial charge is 0.524 e. The van der Waals surface area contributed by atoms with Gasteiger partial charge < -0.3 is 19.7 Å². The molecule has 1 aromatic carbocycles. The normalized spacial score (nSPS) is 16.9. The van der Waals surface area contributed by atoms with E-state index in [2.05, 4.69) is 22.1 Å². The lowest BCUT2D eigenvalue weighted by Crippen LogP contribution is -2.32. The zero-order valence-electron chi connectivity index (χ0n) is 13.9. The Hall–Kier alpha value is -1.86. The van der Waals surface area contributed by atoms with E-state index in [0.717, 1.165) is 32.5 Å². The molecule has 0 spiro atoms. The van der Waals surface area contributed by atoms with Crippen molar-refractivity contribution in [2.45, 2.75) is 25.7 Å². The van der Waals surface area contributed by atoms with Crippen molar-refractivity contribution in [2.24, 2.45) is 0 Å². The average Bonchev–Trinajstić information content (AvgIpc) is 2.91. The Kier molecular flexibility index (Phi) is 5.15. The second kappa shape index (κ2) is 7.17. The van der Waals surface area contributed by atoms with Crippen molar-refractivity contribution in [1.82, 2.24) is 9.88 Å². The van der Waals surface area contributed by atoms with Crippen LogP contribution in [-0.4, -0.2) is 45.7 Å². The van der Waals surface area contributed by atoms with Crippen LogP contribution in [0.4, 0.5) is 5.69 Å². The molecule has 136 valence electrons. The molecule has 1 aromatic heterocycles. The third-order valence-corrected chi connectivity index (χ3v) is 5.08. The van der Waals surface area contributed by atoms with Gasteiger partial charge in [0.1, 0.15) is 0 Å². The molecular weight excluding hydrogens is 345 g/mol. The molecule has 2 heterocycles. The van der Waals surface area contributed by atoms with E-state index < -0.39 is 7.82 Å². The van der Waals surface area contributed by atoms with E-state index in [4.69, 9.17) is 4.52 Å². The summed E-state index contributed by atoms with van der Waals surface area (Å²) in [5.74, 6) is 0.343. The highest BCUT2D eigenvalue weighted by Crippen LogP contribution is 2.46. The number of aromatic amines is 1. The van der Waals surface area contributed by atoms with Crippen molar-refractivity contribution >= 4 is 30.8 Å². The molecule has 9 heteroatoms. The number of hydrogen-bond acceptors (Lipinski definition) is 4. The summed E-state index contributed by atoms with van der Waals surface area (Å²) in [5.41, 5.74) is 1.97. The van der Waals surface area contributed by atoms with Gasteiger partial charge in [0.15, 0.2) is 5.75 Å². The minimum Gasteiger partial charge on any atom is -0.402 e. The summed E-state index contributed by atoms with van der Waals surface area (Å²) in [4.78, 5) is 34.8. The number of nitrogens with one attached hydrogen (secondary N) is 2. The smallest absolute Gasteiger partial charge is 0.402 e.